The normalized spacial score (nSPS) is 14.9. The number of nitrogens with one attached hydrogen (secondary N) is 2. The molecule has 1 aromatic carbocycles. The third-order valence-electron chi connectivity index (χ3n) is 3.87. The van der Waals surface area contributed by atoms with Gasteiger partial charge >= 0.3 is 5.97 Å². The summed E-state index contributed by atoms with van der Waals surface area (Å²) in [6.45, 7) is 3.20. The second-order valence-corrected chi connectivity index (χ2v) is 7.56. The lowest BCUT2D eigenvalue weighted by Crippen LogP contribution is -2.35. The smallest absolute Gasteiger partial charge is 0.338 e. The maximum atomic E-state index is 11.9. The Hall–Kier alpha value is -2.19. The largest absolute Gasteiger partial charge is 0.452 e. The second-order valence-electron chi connectivity index (χ2n) is 5.79. The fourth-order valence-electron chi connectivity index (χ4n) is 2.58. The van der Waals surface area contributed by atoms with E-state index in [1.54, 1.807) is 0 Å². The number of benzene rings is 1. The van der Waals surface area contributed by atoms with E-state index in [4.69, 9.17) is 4.74 Å². The second kappa shape index (κ2) is 8.77. The average Bonchev–Trinajstić information content (AvgIpc) is 3.11. The van der Waals surface area contributed by atoms with Crippen LogP contribution in [-0.4, -0.2) is 39.5 Å². The Morgan fingerprint density at radius 3 is 2.44 bits per heavy atom. The van der Waals surface area contributed by atoms with E-state index in [1.165, 1.54) is 30.3 Å². The van der Waals surface area contributed by atoms with E-state index >= 15 is 0 Å². The Morgan fingerprint density at radius 1 is 1.20 bits per heavy atom. The lowest BCUT2D eigenvalue weighted by molar-refractivity contribution is -0.124. The number of carbonyl (C=O) groups is 2. The zero-order valence-electron chi connectivity index (χ0n) is 13.9. The van der Waals surface area contributed by atoms with Gasteiger partial charge in [-0.1, -0.05) is 18.9 Å². The van der Waals surface area contributed by atoms with Crippen LogP contribution < -0.4 is 10.0 Å². The van der Waals surface area contributed by atoms with Gasteiger partial charge in [0.05, 0.1) is 10.5 Å². The molecule has 0 unspecified atom stereocenters. The molecule has 0 spiro atoms. The SMILES string of the molecule is C=CCNS(=O)(=O)c1ccc(C(=O)OCC(=O)NC2CCCC2)cc1. The highest BCUT2D eigenvalue weighted by Crippen LogP contribution is 2.17. The molecule has 2 N–H and O–H groups in total. The lowest BCUT2D eigenvalue weighted by atomic mass is 10.2. The van der Waals surface area contributed by atoms with Crippen molar-refractivity contribution >= 4 is 21.9 Å². The van der Waals surface area contributed by atoms with E-state index in [-0.39, 0.29) is 35.6 Å². The van der Waals surface area contributed by atoms with Crippen LogP contribution in [0.1, 0.15) is 36.0 Å². The molecule has 1 aliphatic carbocycles. The van der Waals surface area contributed by atoms with Crippen molar-refractivity contribution in [3.63, 3.8) is 0 Å². The topological polar surface area (TPSA) is 102 Å². The highest BCUT2D eigenvalue weighted by atomic mass is 32.2. The monoisotopic (exact) mass is 366 g/mol. The summed E-state index contributed by atoms with van der Waals surface area (Å²) in [5.74, 6) is -1.00. The number of amides is 1. The van der Waals surface area contributed by atoms with E-state index in [0.29, 0.717) is 0 Å². The van der Waals surface area contributed by atoms with Gasteiger partial charge in [-0.2, -0.15) is 0 Å². The first-order valence-electron chi connectivity index (χ1n) is 8.09. The Morgan fingerprint density at radius 2 is 1.84 bits per heavy atom. The molecule has 8 heteroatoms. The zero-order chi connectivity index (χ0) is 18.3. The van der Waals surface area contributed by atoms with E-state index in [9.17, 15) is 18.0 Å². The molecule has 0 atom stereocenters. The summed E-state index contributed by atoms with van der Waals surface area (Å²) in [5, 5.41) is 2.82. The third-order valence-corrected chi connectivity index (χ3v) is 5.31. The number of ether oxygens (including phenoxy) is 1. The standard InChI is InChI=1S/C17H22N2O5S/c1-2-11-18-25(22,23)15-9-7-13(8-10-15)17(21)24-12-16(20)19-14-5-3-4-6-14/h2,7-10,14,18H,1,3-6,11-12H2,(H,19,20). The number of hydrogen-bond donors (Lipinski definition) is 2. The molecule has 25 heavy (non-hydrogen) atoms. The zero-order valence-corrected chi connectivity index (χ0v) is 14.7. The van der Waals surface area contributed by atoms with Crippen LogP contribution in [0.3, 0.4) is 0 Å². The molecule has 0 radical (unpaired) electrons. The van der Waals surface area contributed by atoms with Gasteiger partial charge in [-0.25, -0.2) is 17.9 Å². The van der Waals surface area contributed by atoms with E-state index < -0.39 is 16.0 Å². The average molecular weight is 366 g/mol. The number of esters is 1. The summed E-state index contributed by atoms with van der Waals surface area (Å²) in [6.07, 6.45) is 5.54. The maximum Gasteiger partial charge on any atom is 0.338 e. The molecule has 0 saturated heterocycles. The fourth-order valence-corrected chi connectivity index (χ4v) is 3.57. The van der Waals surface area contributed by atoms with E-state index in [2.05, 4.69) is 16.6 Å². The molecule has 136 valence electrons. The highest BCUT2D eigenvalue weighted by Gasteiger charge is 2.19. The maximum absolute atomic E-state index is 11.9. The van der Waals surface area contributed by atoms with Gasteiger partial charge in [-0.3, -0.25) is 4.79 Å². The Bertz CT molecular complexity index is 722. The Kier molecular flexibility index (Phi) is 6.72. The number of rotatable bonds is 8. The van der Waals surface area contributed by atoms with Gasteiger partial charge < -0.3 is 10.1 Å². The van der Waals surface area contributed by atoms with Gasteiger partial charge in [0, 0.05) is 12.6 Å². The Labute approximate surface area is 147 Å². The fraction of sp³-hybridized carbons (Fsp3) is 0.412. The molecule has 7 nitrogen and oxygen atoms in total. The summed E-state index contributed by atoms with van der Waals surface area (Å²) >= 11 is 0. The summed E-state index contributed by atoms with van der Waals surface area (Å²) in [5.41, 5.74) is 0.177. The van der Waals surface area contributed by atoms with Crippen LogP contribution in [-0.2, 0) is 19.6 Å². The molecule has 1 aliphatic rings. The molecule has 2 rings (SSSR count). The van der Waals surface area contributed by atoms with Gasteiger partial charge in [0.25, 0.3) is 5.91 Å². The summed E-state index contributed by atoms with van der Waals surface area (Å²) in [6, 6.07) is 5.47. The van der Waals surface area contributed by atoms with Crippen LogP contribution in [0.15, 0.2) is 41.8 Å². The molecule has 1 aromatic rings. The Balaban J connectivity index is 1.87. The predicted molar refractivity (Wildman–Crippen MR) is 92.5 cm³/mol. The molecular formula is C17H22N2O5S. The molecule has 0 aliphatic heterocycles. The first-order chi connectivity index (χ1) is 11.9. The van der Waals surface area contributed by atoms with Gasteiger partial charge in [0.2, 0.25) is 10.0 Å². The molecule has 1 fully saturated rings. The predicted octanol–water partition coefficient (Wildman–Crippen LogP) is 1.37. The van der Waals surface area contributed by atoms with Crippen LogP contribution in [0.5, 0.6) is 0 Å². The molecule has 1 saturated carbocycles. The minimum absolute atomic E-state index is 0.0323. The van der Waals surface area contributed by atoms with Crippen LogP contribution in [0.25, 0.3) is 0 Å². The first kappa shape index (κ1) is 19.1. The van der Waals surface area contributed by atoms with Crippen molar-refractivity contribution in [1.29, 1.82) is 0 Å². The van der Waals surface area contributed by atoms with E-state index in [0.717, 1.165) is 25.7 Å². The van der Waals surface area contributed by atoms with Crippen molar-refractivity contribution in [3.05, 3.63) is 42.5 Å². The molecular weight excluding hydrogens is 344 g/mol. The van der Waals surface area contributed by atoms with Crippen molar-refractivity contribution in [2.45, 2.75) is 36.6 Å². The van der Waals surface area contributed by atoms with Gasteiger partial charge in [-0.15, -0.1) is 6.58 Å². The number of carbonyl (C=O) groups excluding carboxylic acids is 2. The van der Waals surface area contributed by atoms with Crippen molar-refractivity contribution < 1.29 is 22.7 Å². The highest BCUT2D eigenvalue weighted by molar-refractivity contribution is 7.89. The van der Waals surface area contributed by atoms with Crippen molar-refractivity contribution in [1.82, 2.24) is 10.0 Å². The van der Waals surface area contributed by atoms with Crippen molar-refractivity contribution in [2.75, 3.05) is 13.2 Å². The van der Waals surface area contributed by atoms with Crippen molar-refractivity contribution in [3.8, 4) is 0 Å². The van der Waals surface area contributed by atoms with Crippen LogP contribution >= 0.6 is 0 Å². The molecule has 0 aromatic heterocycles. The summed E-state index contributed by atoms with van der Waals surface area (Å²) in [4.78, 5) is 23.7. The van der Waals surface area contributed by atoms with Gasteiger partial charge in [-0.05, 0) is 37.1 Å². The molecule has 0 heterocycles. The number of sulfonamides is 1. The van der Waals surface area contributed by atoms with E-state index in [1.807, 2.05) is 0 Å². The molecule has 1 amide bonds. The minimum atomic E-state index is -3.64. The van der Waals surface area contributed by atoms with Crippen LogP contribution in [0.4, 0.5) is 0 Å². The third kappa shape index (κ3) is 5.68. The minimum Gasteiger partial charge on any atom is -0.452 e. The van der Waals surface area contributed by atoms with Gasteiger partial charge in [0.1, 0.15) is 0 Å². The molecule has 0 bridgehead atoms. The van der Waals surface area contributed by atoms with Crippen LogP contribution in [0.2, 0.25) is 0 Å². The summed E-state index contributed by atoms with van der Waals surface area (Å²) in [7, 11) is -3.64. The first-order valence-corrected chi connectivity index (χ1v) is 9.58. The quantitative estimate of drug-likeness (QED) is 0.534. The summed E-state index contributed by atoms with van der Waals surface area (Å²) < 4.78 is 31.1. The van der Waals surface area contributed by atoms with Crippen molar-refractivity contribution in [2.24, 2.45) is 0 Å². The lowest BCUT2D eigenvalue weighted by Gasteiger charge is -2.12. The number of hydrogen-bond acceptors (Lipinski definition) is 5. The van der Waals surface area contributed by atoms with Crippen LogP contribution in [0, 0.1) is 0 Å². The van der Waals surface area contributed by atoms with Gasteiger partial charge in [0.15, 0.2) is 6.61 Å².